The summed E-state index contributed by atoms with van der Waals surface area (Å²) >= 11 is 0. The van der Waals surface area contributed by atoms with Gasteiger partial charge in [0.25, 0.3) is 0 Å². The third-order valence-electron chi connectivity index (χ3n) is 3.12. The quantitative estimate of drug-likeness (QED) is 0.876. The lowest BCUT2D eigenvalue weighted by atomic mass is 10.1. The van der Waals surface area contributed by atoms with Gasteiger partial charge in [0.15, 0.2) is 5.65 Å². The van der Waals surface area contributed by atoms with Gasteiger partial charge < -0.3 is 14.4 Å². The summed E-state index contributed by atoms with van der Waals surface area (Å²) in [5.41, 5.74) is 1.36. The van der Waals surface area contributed by atoms with E-state index in [-0.39, 0.29) is 12.5 Å². The molecule has 0 spiro atoms. The third kappa shape index (κ3) is 1.84. The van der Waals surface area contributed by atoms with Gasteiger partial charge >= 0.3 is 5.97 Å². The summed E-state index contributed by atoms with van der Waals surface area (Å²) in [6.07, 6.45) is 2.53. The number of nitrogens with zero attached hydrogens (tertiary/aromatic N) is 3. The minimum absolute atomic E-state index is 0.112. The number of carboxylic acids is 1. The van der Waals surface area contributed by atoms with Crippen molar-refractivity contribution in [2.24, 2.45) is 0 Å². The minimum atomic E-state index is -0.889. The zero-order chi connectivity index (χ0) is 12.5. The highest BCUT2D eigenvalue weighted by Crippen LogP contribution is 2.27. The maximum absolute atomic E-state index is 11.0. The maximum Gasteiger partial charge on any atom is 0.323 e. The first-order chi connectivity index (χ1) is 8.75. The number of ether oxygens (including phenoxy) is 1. The van der Waals surface area contributed by atoms with E-state index in [0.717, 1.165) is 17.8 Å². The molecule has 0 bridgehead atoms. The van der Waals surface area contributed by atoms with Crippen LogP contribution >= 0.6 is 0 Å². The molecular weight excluding hydrogens is 234 g/mol. The van der Waals surface area contributed by atoms with Crippen LogP contribution in [0.1, 0.15) is 18.2 Å². The molecular formula is C12H13N3O3. The molecule has 1 atom stereocenters. The summed E-state index contributed by atoms with van der Waals surface area (Å²) in [5, 5.41) is 9.00. The molecule has 1 unspecified atom stereocenters. The number of rotatable bonds is 3. The van der Waals surface area contributed by atoms with Crippen molar-refractivity contribution in [3.8, 4) is 0 Å². The number of carbonyl (C=O) groups is 1. The van der Waals surface area contributed by atoms with Gasteiger partial charge in [0.05, 0.1) is 6.61 Å². The van der Waals surface area contributed by atoms with E-state index in [0.29, 0.717) is 18.9 Å². The lowest BCUT2D eigenvalue weighted by Gasteiger charge is -2.09. The van der Waals surface area contributed by atoms with Crippen LogP contribution < -0.4 is 0 Å². The Hall–Kier alpha value is -1.95. The molecule has 3 rings (SSSR count). The third-order valence-corrected chi connectivity index (χ3v) is 3.12. The Morgan fingerprint density at radius 2 is 2.50 bits per heavy atom. The predicted octanol–water partition coefficient (Wildman–Crippen LogP) is 1.02. The number of imidazole rings is 1. The fraction of sp³-hybridized carbons (Fsp3) is 0.417. The molecule has 0 aliphatic carbocycles. The smallest absolute Gasteiger partial charge is 0.323 e. The summed E-state index contributed by atoms with van der Waals surface area (Å²) in [6, 6.07) is 3.65. The first kappa shape index (κ1) is 11.2. The van der Waals surface area contributed by atoms with Gasteiger partial charge in [-0.3, -0.25) is 4.79 Å². The van der Waals surface area contributed by atoms with E-state index >= 15 is 0 Å². The topological polar surface area (TPSA) is 77.2 Å². The molecule has 0 saturated carbocycles. The molecule has 1 fully saturated rings. The van der Waals surface area contributed by atoms with Crippen LogP contribution in [0.2, 0.25) is 0 Å². The maximum atomic E-state index is 11.0. The van der Waals surface area contributed by atoms with Crippen molar-refractivity contribution in [1.82, 2.24) is 14.5 Å². The number of pyridine rings is 1. The van der Waals surface area contributed by atoms with Gasteiger partial charge in [-0.25, -0.2) is 9.97 Å². The van der Waals surface area contributed by atoms with Crippen LogP contribution in [-0.2, 0) is 16.1 Å². The highest BCUT2D eigenvalue weighted by Gasteiger charge is 2.25. The standard InChI is InChI=1S/C12H13N3O3/c16-10(17)6-15-11(8-3-5-18-7-8)14-9-2-1-4-13-12(9)15/h1-2,4,8H,3,5-7H2,(H,16,17). The molecule has 18 heavy (non-hydrogen) atoms. The largest absolute Gasteiger partial charge is 0.480 e. The van der Waals surface area contributed by atoms with E-state index in [1.165, 1.54) is 0 Å². The highest BCUT2D eigenvalue weighted by molar-refractivity contribution is 5.75. The molecule has 6 heteroatoms. The zero-order valence-corrected chi connectivity index (χ0v) is 9.74. The number of hydrogen-bond donors (Lipinski definition) is 1. The number of aliphatic carboxylic acids is 1. The van der Waals surface area contributed by atoms with E-state index in [1.54, 1.807) is 16.8 Å². The Labute approximate surface area is 103 Å². The molecule has 1 aliphatic heterocycles. The molecule has 94 valence electrons. The fourth-order valence-electron chi connectivity index (χ4n) is 2.32. The van der Waals surface area contributed by atoms with Crippen molar-refractivity contribution in [2.75, 3.05) is 13.2 Å². The molecule has 6 nitrogen and oxygen atoms in total. The second-order valence-electron chi connectivity index (χ2n) is 4.36. The average molecular weight is 247 g/mol. The monoisotopic (exact) mass is 247 g/mol. The fourth-order valence-corrected chi connectivity index (χ4v) is 2.32. The Kier molecular flexibility index (Phi) is 2.71. The Morgan fingerprint density at radius 3 is 3.22 bits per heavy atom. The Morgan fingerprint density at radius 1 is 1.61 bits per heavy atom. The van der Waals surface area contributed by atoms with E-state index < -0.39 is 5.97 Å². The van der Waals surface area contributed by atoms with Crippen molar-refractivity contribution in [1.29, 1.82) is 0 Å². The summed E-state index contributed by atoms with van der Waals surface area (Å²) in [7, 11) is 0. The highest BCUT2D eigenvalue weighted by atomic mass is 16.5. The van der Waals surface area contributed by atoms with Gasteiger partial charge in [-0.15, -0.1) is 0 Å². The molecule has 2 aromatic heterocycles. The van der Waals surface area contributed by atoms with E-state index in [9.17, 15) is 4.79 Å². The lowest BCUT2D eigenvalue weighted by molar-refractivity contribution is -0.137. The molecule has 1 aliphatic rings. The van der Waals surface area contributed by atoms with Gasteiger partial charge in [-0.1, -0.05) is 0 Å². The summed E-state index contributed by atoms with van der Waals surface area (Å²) in [6.45, 7) is 1.19. The van der Waals surface area contributed by atoms with Crippen molar-refractivity contribution in [2.45, 2.75) is 18.9 Å². The van der Waals surface area contributed by atoms with Crippen LogP contribution in [0.5, 0.6) is 0 Å². The number of hydrogen-bond acceptors (Lipinski definition) is 4. The van der Waals surface area contributed by atoms with Crippen molar-refractivity contribution in [3.63, 3.8) is 0 Å². The second-order valence-corrected chi connectivity index (χ2v) is 4.36. The van der Waals surface area contributed by atoms with Crippen LogP contribution in [0.15, 0.2) is 18.3 Å². The van der Waals surface area contributed by atoms with Gasteiger partial charge in [0.1, 0.15) is 17.9 Å². The molecule has 0 amide bonds. The molecule has 3 heterocycles. The molecule has 1 N–H and O–H groups in total. The summed E-state index contributed by atoms with van der Waals surface area (Å²) < 4.78 is 7.02. The Bertz CT molecular complexity index is 587. The Balaban J connectivity index is 2.12. The van der Waals surface area contributed by atoms with Crippen LogP contribution in [0.25, 0.3) is 11.2 Å². The molecule has 0 aromatic carbocycles. The van der Waals surface area contributed by atoms with Crippen LogP contribution in [0.4, 0.5) is 0 Å². The lowest BCUT2D eigenvalue weighted by Crippen LogP contribution is -2.15. The minimum Gasteiger partial charge on any atom is -0.480 e. The first-order valence-corrected chi connectivity index (χ1v) is 5.86. The van der Waals surface area contributed by atoms with Gasteiger partial charge in [-0.2, -0.15) is 0 Å². The molecule has 0 radical (unpaired) electrons. The number of carboxylic acid groups (broad SMARTS) is 1. The van der Waals surface area contributed by atoms with Gasteiger partial charge in [0, 0.05) is 18.7 Å². The summed E-state index contributed by atoms with van der Waals surface area (Å²) in [5.74, 6) is 0.0438. The zero-order valence-electron chi connectivity index (χ0n) is 9.74. The van der Waals surface area contributed by atoms with Gasteiger partial charge in [-0.05, 0) is 18.6 Å². The normalized spacial score (nSPS) is 19.4. The molecule has 2 aromatic rings. The van der Waals surface area contributed by atoms with Crippen molar-refractivity contribution >= 4 is 17.1 Å². The van der Waals surface area contributed by atoms with Crippen molar-refractivity contribution < 1.29 is 14.6 Å². The molecule has 1 saturated heterocycles. The van der Waals surface area contributed by atoms with Crippen molar-refractivity contribution in [3.05, 3.63) is 24.2 Å². The van der Waals surface area contributed by atoms with Crippen LogP contribution in [0, 0.1) is 0 Å². The average Bonchev–Trinajstić information content (AvgIpc) is 2.96. The second kappa shape index (κ2) is 4.38. The number of fused-ring (bicyclic) bond motifs is 1. The van der Waals surface area contributed by atoms with E-state index in [2.05, 4.69) is 9.97 Å². The van der Waals surface area contributed by atoms with E-state index in [1.807, 2.05) is 6.07 Å². The first-order valence-electron chi connectivity index (χ1n) is 5.86. The van der Waals surface area contributed by atoms with Crippen LogP contribution in [-0.4, -0.2) is 38.8 Å². The predicted molar refractivity (Wildman–Crippen MR) is 63.3 cm³/mol. The van der Waals surface area contributed by atoms with Crippen LogP contribution in [0.3, 0.4) is 0 Å². The summed E-state index contributed by atoms with van der Waals surface area (Å²) in [4.78, 5) is 19.7. The number of aromatic nitrogens is 3. The van der Waals surface area contributed by atoms with E-state index in [4.69, 9.17) is 9.84 Å². The SMILES string of the molecule is O=C(O)Cn1c(C2CCOC2)nc2cccnc21. The van der Waals surface area contributed by atoms with Gasteiger partial charge in [0.2, 0.25) is 0 Å².